The third kappa shape index (κ3) is 2.75. The normalized spacial score (nSPS) is 20.6. The Labute approximate surface area is 116 Å². The van der Waals surface area contributed by atoms with Crippen molar-refractivity contribution in [1.29, 1.82) is 0 Å². The molecule has 1 aromatic heterocycles. The molecule has 2 rings (SSSR count). The van der Waals surface area contributed by atoms with Gasteiger partial charge in [0.2, 0.25) is 15.6 Å². The summed E-state index contributed by atoms with van der Waals surface area (Å²) in [7, 11) is -2.58. The average Bonchev–Trinajstić information content (AvgIpc) is 2.47. The monoisotopic (exact) mass is 300 g/mol. The van der Waals surface area contributed by atoms with Crippen molar-refractivity contribution in [3.8, 4) is 0 Å². The van der Waals surface area contributed by atoms with E-state index in [-0.39, 0.29) is 17.0 Å². The summed E-state index contributed by atoms with van der Waals surface area (Å²) in [6, 6.07) is 1.58. The van der Waals surface area contributed by atoms with Crippen LogP contribution in [0.3, 0.4) is 0 Å². The topological polar surface area (TPSA) is 96.5 Å². The van der Waals surface area contributed by atoms with Crippen molar-refractivity contribution >= 4 is 16.0 Å². The van der Waals surface area contributed by atoms with Crippen LogP contribution in [0.25, 0.3) is 0 Å². The van der Waals surface area contributed by atoms with Crippen LogP contribution in [0.4, 0.5) is 0 Å². The molecule has 0 radical (unpaired) electrons. The molecule has 1 aliphatic rings. The molecule has 0 bridgehead atoms. The number of pyridine rings is 1. The number of aromatic amines is 1. The number of H-pyrrole nitrogens is 1. The van der Waals surface area contributed by atoms with E-state index in [2.05, 4.69) is 9.72 Å². The van der Waals surface area contributed by atoms with Crippen LogP contribution in [-0.2, 0) is 19.6 Å². The molecule has 1 atom stereocenters. The van der Waals surface area contributed by atoms with Gasteiger partial charge in [-0.3, -0.25) is 9.59 Å². The first-order valence-electron chi connectivity index (χ1n) is 6.25. The third-order valence-corrected chi connectivity index (χ3v) is 5.19. The van der Waals surface area contributed by atoms with Gasteiger partial charge in [-0.1, -0.05) is 0 Å². The van der Waals surface area contributed by atoms with E-state index in [9.17, 15) is 18.0 Å². The van der Waals surface area contributed by atoms with Crippen LogP contribution in [-0.4, -0.2) is 43.4 Å². The maximum absolute atomic E-state index is 12.5. The van der Waals surface area contributed by atoms with Gasteiger partial charge in [-0.05, 0) is 25.3 Å². The predicted molar refractivity (Wildman–Crippen MR) is 70.6 cm³/mol. The highest BCUT2D eigenvalue weighted by Crippen LogP contribution is 2.25. The van der Waals surface area contributed by atoms with E-state index >= 15 is 0 Å². The van der Waals surface area contributed by atoms with Gasteiger partial charge >= 0.3 is 5.97 Å². The summed E-state index contributed by atoms with van der Waals surface area (Å²) in [5.41, 5.74) is -0.382. The number of nitrogens with zero attached hydrogens (tertiary/aromatic N) is 1. The van der Waals surface area contributed by atoms with Crippen molar-refractivity contribution in [1.82, 2.24) is 9.29 Å². The van der Waals surface area contributed by atoms with Crippen molar-refractivity contribution in [2.75, 3.05) is 13.7 Å². The first-order valence-corrected chi connectivity index (χ1v) is 7.69. The van der Waals surface area contributed by atoms with E-state index in [1.807, 2.05) is 0 Å². The first kappa shape index (κ1) is 14.7. The second-order valence-electron chi connectivity index (χ2n) is 4.54. The molecular formula is C12H16N2O5S. The predicted octanol–water partition coefficient (Wildman–Crippen LogP) is 0.0911. The number of piperidine rings is 1. The zero-order valence-electron chi connectivity index (χ0n) is 11.0. The number of esters is 1. The maximum Gasteiger partial charge on any atom is 0.324 e. The summed E-state index contributed by atoms with van der Waals surface area (Å²) in [4.78, 5) is 25.0. The Hall–Kier alpha value is -1.67. The van der Waals surface area contributed by atoms with Gasteiger partial charge in [0.05, 0.1) is 12.0 Å². The van der Waals surface area contributed by atoms with Gasteiger partial charge in [-0.2, -0.15) is 4.31 Å². The molecule has 1 unspecified atom stereocenters. The summed E-state index contributed by atoms with van der Waals surface area (Å²) < 4.78 is 30.9. The highest BCUT2D eigenvalue weighted by Gasteiger charge is 2.38. The summed E-state index contributed by atoms with van der Waals surface area (Å²) in [5.74, 6) is -0.558. The lowest BCUT2D eigenvalue weighted by Gasteiger charge is -2.32. The molecular weight excluding hydrogens is 284 g/mol. The Morgan fingerprint density at radius 2 is 2.15 bits per heavy atom. The van der Waals surface area contributed by atoms with Crippen molar-refractivity contribution in [3.63, 3.8) is 0 Å². The Morgan fingerprint density at radius 3 is 2.75 bits per heavy atom. The summed E-state index contributed by atoms with van der Waals surface area (Å²) in [6.07, 6.45) is 3.04. The number of ether oxygens (including phenoxy) is 1. The SMILES string of the molecule is COC(=O)C1CCCCN1S(=O)(=O)c1ccc(=O)[nH]c1. The minimum absolute atomic E-state index is 0.0343. The van der Waals surface area contributed by atoms with Gasteiger partial charge in [-0.15, -0.1) is 0 Å². The number of carbonyl (C=O) groups is 1. The molecule has 20 heavy (non-hydrogen) atoms. The highest BCUT2D eigenvalue weighted by molar-refractivity contribution is 7.89. The lowest BCUT2D eigenvalue weighted by Crippen LogP contribution is -2.48. The molecule has 1 fully saturated rings. The molecule has 110 valence electrons. The number of hydrogen-bond acceptors (Lipinski definition) is 5. The zero-order valence-corrected chi connectivity index (χ0v) is 11.9. The van der Waals surface area contributed by atoms with Crippen molar-refractivity contribution < 1.29 is 17.9 Å². The average molecular weight is 300 g/mol. The number of rotatable bonds is 3. The second kappa shape index (κ2) is 5.76. The lowest BCUT2D eigenvalue weighted by atomic mass is 10.1. The molecule has 7 nitrogen and oxygen atoms in total. The quantitative estimate of drug-likeness (QED) is 0.798. The number of sulfonamides is 1. The number of methoxy groups -OCH3 is 1. The largest absolute Gasteiger partial charge is 0.468 e. The highest BCUT2D eigenvalue weighted by atomic mass is 32.2. The minimum atomic E-state index is -3.82. The van der Waals surface area contributed by atoms with E-state index < -0.39 is 22.0 Å². The Balaban J connectivity index is 2.37. The van der Waals surface area contributed by atoms with Crippen LogP contribution in [0.1, 0.15) is 19.3 Å². The molecule has 0 saturated carbocycles. The smallest absolute Gasteiger partial charge is 0.324 e. The van der Waals surface area contributed by atoms with E-state index in [1.165, 1.54) is 13.2 Å². The molecule has 0 aliphatic carbocycles. The zero-order chi connectivity index (χ0) is 14.8. The van der Waals surface area contributed by atoms with Crippen LogP contribution in [0.15, 0.2) is 28.0 Å². The van der Waals surface area contributed by atoms with Crippen molar-refractivity contribution in [2.24, 2.45) is 0 Å². The molecule has 0 amide bonds. The summed E-state index contributed by atoms with van der Waals surface area (Å²) in [6.45, 7) is 0.265. The van der Waals surface area contributed by atoms with E-state index in [1.54, 1.807) is 0 Å². The van der Waals surface area contributed by atoms with E-state index in [0.717, 1.165) is 23.0 Å². The summed E-state index contributed by atoms with van der Waals surface area (Å²) in [5, 5.41) is 0. The number of carbonyl (C=O) groups excluding carboxylic acids is 1. The van der Waals surface area contributed by atoms with Crippen LogP contribution >= 0.6 is 0 Å². The van der Waals surface area contributed by atoms with Crippen LogP contribution in [0.5, 0.6) is 0 Å². The molecule has 0 aromatic carbocycles. The molecule has 1 aliphatic heterocycles. The van der Waals surface area contributed by atoms with E-state index in [0.29, 0.717) is 12.8 Å². The van der Waals surface area contributed by atoms with Gasteiger partial charge in [0, 0.05) is 18.8 Å². The fourth-order valence-corrected chi connectivity index (χ4v) is 3.87. The van der Waals surface area contributed by atoms with Gasteiger partial charge in [0.15, 0.2) is 0 Å². The Kier molecular flexibility index (Phi) is 4.24. The fraction of sp³-hybridized carbons (Fsp3) is 0.500. The van der Waals surface area contributed by atoms with Gasteiger partial charge in [0.1, 0.15) is 6.04 Å². The number of nitrogens with one attached hydrogen (secondary N) is 1. The molecule has 8 heteroatoms. The molecule has 1 saturated heterocycles. The van der Waals surface area contributed by atoms with Gasteiger partial charge in [0.25, 0.3) is 0 Å². The second-order valence-corrected chi connectivity index (χ2v) is 6.43. The van der Waals surface area contributed by atoms with E-state index in [4.69, 9.17) is 0 Å². The van der Waals surface area contributed by atoms with Gasteiger partial charge < -0.3 is 9.72 Å². The third-order valence-electron chi connectivity index (χ3n) is 3.29. The Bertz CT molecular complexity index is 632. The molecule has 2 heterocycles. The fourth-order valence-electron chi connectivity index (χ4n) is 2.26. The number of hydrogen-bond donors (Lipinski definition) is 1. The van der Waals surface area contributed by atoms with Crippen LogP contribution in [0.2, 0.25) is 0 Å². The molecule has 1 N–H and O–H groups in total. The summed E-state index contributed by atoms with van der Waals surface area (Å²) >= 11 is 0. The first-order chi connectivity index (χ1) is 9.46. The van der Waals surface area contributed by atoms with Crippen LogP contribution in [0, 0.1) is 0 Å². The molecule has 0 spiro atoms. The standard InChI is InChI=1S/C12H16N2O5S/c1-19-12(16)10-4-2-3-7-14(10)20(17,18)9-5-6-11(15)13-8-9/h5-6,8,10H,2-4,7H2,1H3,(H,13,15). The Morgan fingerprint density at radius 1 is 1.40 bits per heavy atom. The maximum atomic E-state index is 12.5. The molecule has 1 aromatic rings. The number of aromatic nitrogens is 1. The van der Waals surface area contributed by atoms with Gasteiger partial charge in [-0.25, -0.2) is 8.42 Å². The van der Waals surface area contributed by atoms with Crippen LogP contribution < -0.4 is 5.56 Å². The van der Waals surface area contributed by atoms with Crippen molar-refractivity contribution in [3.05, 3.63) is 28.7 Å². The minimum Gasteiger partial charge on any atom is -0.468 e. The van der Waals surface area contributed by atoms with Crippen molar-refractivity contribution in [2.45, 2.75) is 30.2 Å². The lowest BCUT2D eigenvalue weighted by molar-refractivity contribution is -0.146.